The first kappa shape index (κ1) is 15.5. The number of carbonyl (C=O) groups excluding carboxylic acids is 1. The predicted octanol–water partition coefficient (Wildman–Crippen LogP) is 2.48. The molecule has 3 nitrogen and oxygen atoms in total. The molecule has 0 bridgehead atoms. The van der Waals surface area contributed by atoms with Crippen molar-refractivity contribution in [2.45, 2.75) is 38.6 Å². The molecule has 112 valence electrons. The summed E-state index contributed by atoms with van der Waals surface area (Å²) in [4.78, 5) is 12.3. The highest BCUT2D eigenvalue weighted by molar-refractivity contribution is 5.97. The minimum absolute atomic E-state index is 0.149. The van der Waals surface area contributed by atoms with Crippen LogP contribution in [0.25, 0.3) is 0 Å². The summed E-state index contributed by atoms with van der Waals surface area (Å²) in [6, 6.07) is 4.08. The molecule has 1 fully saturated rings. The second-order valence-electron chi connectivity index (χ2n) is 5.58. The number of hydrogen-bond donors (Lipinski definition) is 2. The molecule has 4 heteroatoms. The van der Waals surface area contributed by atoms with Crippen molar-refractivity contribution in [3.8, 4) is 11.8 Å². The van der Waals surface area contributed by atoms with Gasteiger partial charge in [-0.05, 0) is 49.8 Å². The highest BCUT2D eigenvalue weighted by atomic mass is 19.1. The lowest BCUT2D eigenvalue weighted by atomic mass is 9.87. The highest BCUT2D eigenvalue weighted by Crippen LogP contribution is 2.24. The molecular weight excluding hydrogens is 269 g/mol. The maximum atomic E-state index is 13.4. The van der Waals surface area contributed by atoms with E-state index in [1.807, 2.05) is 0 Å². The van der Waals surface area contributed by atoms with Gasteiger partial charge in [0, 0.05) is 11.6 Å². The number of amides is 1. The van der Waals surface area contributed by atoms with Crippen molar-refractivity contribution < 1.29 is 14.3 Å². The fourth-order valence-electron chi connectivity index (χ4n) is 2.62. The van der Waals surface area contributed by atoms with Crippen LogP contribution in [0, 0.1) is 23.6 Å². The quantitative estimate of drug-likeness (QED) is 0.822. The number of rotatable bonds is 2. The summed E-state index contributed by atoms with van der Waals surface area (Å²) in [7, 11) is 0. The van der Waals surface area contributed by atoms with Crippen LogP contribution in [0.3, 0.4) is 0 Å². The number of benzene rings is 1. The van der Waals surface area contributed by atoms with Crippen LogP contribution in [-0.2, 0) is 0 Å². The molecule has 1 aliphatic carbocycles. The van der Waals surface area contributed by atoms with Gasteiger partial charge in [-0.2, -0.15) is 0 Å². The summed E-state index contributed by atoms with van der Waals surface area (Å²) in [6.07, 6.45) is 4.12. The molecular formula is C17H20FNO2. The number of aliphatic hydroxyl groups excluding tert-OH is 1. The Balaban J connectivity index is 2.12. The van der Waals surface area contributed by atoms with E-state index in [-0.39, 0.29) is 24.1 Å². The SMILES string of the molecule is CC1CCC(NC(=O)c2cc(F)ccc2C#CCO)CC1. The van der Waals surface area contributed by atoms with E-state index in [2.05, 4.69) is 24.1 Å². The Morgan fingerprint density at radius 3 is 2.76 bits per heavy atom. The van der Waals surface area contributed by atoms with Crippen molar-refractivity contribution in [2.75, 3.05) is 6.61 Å². The van der Waals surface area contributed by atoms with E-state index in [1.165, 1.54) is 18.2 Å². The van der Waals surface area contributed by atoms with Crippen LogP contribution in [0.4, 0.5) is 4.39 Å². The Labute approximate surface area is 124 Å². The van der Waals surface area contributed by atoms with E-state index in [9.17, 15) is 9.18 Å². The summed E-state index contributed by atoms with van der Waals surface area (Å²) in [5.74, 6) is 5.13. The Kier molecular flexibility index (Phi) is 5.35. The topological polar surface area (TPSA) is 49.3 Å². The normalized spacial score (nSPS) is 21.3. The zero-order valence-corrected chi connectivity index (χ0v) is 12.2. The molecule has 21 heavy (non-hydrogen) atoms. The molecule has 0 heterocycles. The lowest BCUT2D eigenvalue weighted by molar-refractivity contribution is 0.0922. The minimum atomic E-state index is -0.466. The highest BCUT2D eigenvalue weighted by Gasteiger charge is 2.21. The van der Waals surface area contributed by atoms with E-state index in [4.69, 9.17) is 5.11 Å². The molecule has 0 unspecified atom stereocenters. The molecule has 0 spiro atoms. The van der Waals surface area contributed by atoms with Gasteiger partial charge in [0.05, 0.1) is 5.56 Å². The van der Waals surface area contributed by atoms with Crippen molar-refractivity contribution >= 4 is 5.91 Å². The summed E-state index contributed by atoms with van der Waals surface area (Å²) >= 11 is 0. The molecule has 0 aliphatic heterocycles. The zero-order valence-electron chi connectivity index (χ0n) is 12.2. The summed E-state index contributed by atoms with van der Waals surface area (Å²) < 4.78 is 13.4. The third-order valence-corrected chi connectivity index (χ3v) is 3.88. The molecule has 1 aromatic carbocycles. The van der Waals surface area contributed by atoms with E-state index < -0.39 is 5.82 Å². The molecule has 0 saturated heterocycles. The van der Waals surface area contributed by atoms with Gasteiger partial charge in [-0.25, -0.2) is 4.39 Å². The van der Waals surface area contributed by atoms with Crippen molar-refractivity contribution in [2.24, 2.45) is 5.92 Å². The zero-order chi connectivity index (χ0) is 15.2. The van der Waals surface area contributed by atoms with Gasteiger partial charge in [-0.1, -0.05) is 18.8 Å². The minimum Gasteiger partial charge on any atom is -0.384 e. The first-order valence-electron chi connectivity index (χ1n) is 7.30. The molecule has 1 amide bonds. The lowest BCUT2D eigenvalue weighted by Gasteiger charge is -2.27. The first-order valence-corrected chi connectivity index (χ1v) is 7.30. The van der Waals surface area contributed by atoms with E-state index in [0.717, 1.165) is 25.7 Å². The van der Waals surface area contributed by atoms with Gasteiger partial charge >= 0.3 is 0 Å². The number of aliphatic hydroxyl groups is 1. The summed E-state index contributed by atoms with van der Waals surface area (Å²) in [6.45, 7) is 1.92. The van der Waals surface area contributed by atoms with Crippen LogP contribution in [0.5, 0.6) is 0 Å². The van der Waals surface area contributed by atoms with Crippen LogP contribution in [0.1, 0.15) is 48.5 Å². The van der Waals surface area contributed by atoms with Crippen LogP contribution in [-0.4, -0.2) is 23.7 Å². The number of hydrogen-bond acceptors (Lipinski definition) is 2. The van der Waals surface area contributed by atoms with Gasteiger partial charge in [0.25, 0.3) is 5.91 Å². The number of halogens is 1. The maximum absolute atomic E-state index is 13.4. The molecule has 0 aromatic heterocycles. The average molecular weight is 289 g/mol. The molecule has 2 N–H and O–H groups in total. The van der Waals surface area contributed by atoms with Crippen molar-refractivity contribution in [1.29, 1.82) is 0 Å². The van der Waals surface area contributed by atoms with Gasteiger partial charge in [0.15, 0.2) is 0 Å². The van der Waals surface area contributed by atoms with E-state index in [0.29, 0.717) is 11.5 Å². The standard InChI is InChI=1S/C17H20FNO2/c1-12-4-8-15(9-5-12)19-17(21)16-11-14(18)7-6-13(16)3-2-10-20/h6-7,11-12,15,20H,4-5,8-10H2,1H3,(H,19,21). The van der Waals surface area contributed by atoms with Crippen LogP contribution in [0.2, 0.25) is 0 Å². The Morgan fingerprint density at radius 2 is 2.10 bits per heavy atom. The summed E-state index contributed by atoms with van der Waals surface area (Å²) in [5, 5.41) is 11.7. The maximum Gasteiger partial charge on any atom is 0.252 e. The number of nitrogens with one attached hydrogen (secondary N) is 1. The third-order valence-electron chi connectivity index (χ3n) is 3.88. The first-order chi connectivity index (χ1) is 10.1. The lowest BCUT2D eigenvalue weighted by Crippen LogP contribution is -2.37. The van der Waals surface area contributed by atoms with Crippen LogP contribution < -0.4 is 5.32 Å². The molecule has 0 atom stereocenters. The molecule has 2 rings (SSSR count). The van der Waals surface area contributed by atoms with Gasteiger partial charge in [0.2, 0.25) is 0 Å². The molecule has 0 radical (unpaired) electrons. The summed E-state index contributed by atoms with van der Waals surface area (Å²) in [5.41, 5.74) is 0.668. The van der Waals surface area contributed by atoms with Crippen LogP contribution in [0.15, 0.2) is 18.2 Å². The molecule has 1 aromatic rings. The van der Waals surface area contributed by atoms with Crippen molar-refractivity contribution in [1.82, 2.24) is 5.32 Å². The molecule has 1 aliphatic rings. The monoisotopic (exact) mass is 289 g/mol. The van der Waals surface area contributed by atoms with E-state index in [1.54, 1.807) is 0 Å². The van der Waals surface area contributed by atoms with Crippen LogP contribution >= 0.6 is 0 Å². The fourth-order valence-corrected chi connectivity index (χ4v) is 2.62. The smallest absolute Gasteiger partial charge is 0.252 e. The third kappa shape index (κ3) is 4.30. The van der Waals surface area contributed by atoms with E-state index >= 15 is 0 Å². The Hall–Kier alpha value is -1.86. The Bertz CT molecular complexity index is 566. The Morgan fingerprint density at radius 1 is 1.38 bits per heavy atom. The molecule has 1 saturated carbocycles. The van der Waals surface area contributed by atoms with Gasteiger partial charge in [-0.3, -0.25) is 4.79 Å². The number of carbonyl (C=O) groups is 1. The van der Waals surface area contributed by atoms with Gasteiger partial charge in [-0.15, -0.1) is 0 Å². The largest absolute Gasteiger partial charge is 0.384 e. The second kappa shape index (κ2) is 7.24. The van der Waals surface area contributed by atoms with Crippen molar-refractivity contribution in [3.63, 3.8) is 0 Å². The predicted molar refractivity (Wildman–Crippen MR) is 79.3 cm³/mol. The second-order valence-corrected chi connectivity index (χ2v) is 5.58. The van der Waals surface area contributed by atoms with Gasteiger partial charge < -0.3 is 10.4 Å². The fraction of sp³-hybridized carbons (Fsp3) is 0.471. The van der Waals surface area contributed by atoms with Gasteiger partial charge in [0.1, 0.15) is 12.4 Å². The van der Waals surface area contributed by atoms with Crippen molar-refractivity contribution in [3.05, 3.63) is 35.1 Å². The average Bonchev–Trinajstić information content (AvgIpc) is 2.48.